The molecular formula is C35H45N2O8P. The fourth-order valence-corrected chi connectivity index (χ4v) is 6.94. The molecule has 0 aliphatic heterocycles. The number of benzene rings is 3. The fourth-order valence-electron chi connectivity index (χ4n) is 4.68. The number of aryl methyl sites for hydroxylation is 1. The summed E-state index contributed by atoms with van der Waals surface area (Å²) in [6, 6.07) is 28.1. The normalized spacial score (nSPS) is 13.7. The van der Waals surface area contributed by atoms with Crippen molar-refractivity contribution < 1.29 is 37.8 Å². The van der Waals surface area contributed by atoms with Crippen molar-refractivity contribution >= 4 is 25.6 Å². The molecule has 46 heavy (non-hydrogen) atoms. The van der Waals surface area contributed by atoms with Gasteiger partial charge in [0, 0.05) is 13.0 Å². The number of ether oxygens (including phenoxy) is 1. The van der Waals surface area contributed by atoms with Crippen LogP contribution in [0.5, 0.6) is 0 Å². The molecule has 0 spiro atoms. The first-order valence-electron chi connectivity index (χ1n) is 15.6. The fraction of sp³-hybridized carbons (Fsp3) is 0.400. The van der Waals surface area contributed by atoms with Crippen LogP contribution in [0.15, 0.2) is 91.0 Å². The Morgan fingerprint density at radius 2 is 1.35 bits per heavy atom. The maximum Gasteiger partial charge on any atom is 0.407 e. The van der Waals surface area contributed by atoms with Gasteiger partial charge in [-0.2, -0.15) is 0 Å². The van der Waals surface area contributed by atoms with Crippen molar-refractivity contribution in [3.05, 3.63) is 108 Å². The SMILES string of the molecule is CC(C)C(NC(=O)CCCc1ccccc1)P(=O)(OCc1ccccc1)O[C@@H](CCCCNC(=O)OCc1ccccc1)C(=O)O. The number of aliphatic carboxylic acids is 1. The molecule has 3 atom stereocenters. The number of carbonyl (C=O) groups excluding carboxylic acids is 2. The average molecular weight is 653 g/mol. The zero-order valence-corrected chi connectivity index (χ0v) is 27.4. The summed E-state index contributed by atoms with van der Waals surface area (Å²) in [5.41, 5.74) is 2.70. The maximum atomic E-state index is 14.4. The Hall–Kier alpha value is -3.98. The first-order valence-corrected chi connectivity index (χ1v) is 17.2. The molecule has 0 aliphatic rings. The van der Waals surface area contributed by atoms with Crippen molar-refractivity contribution in [2.45, 2.75) is 77.5 Å². The second-order valence-corrected chi connectivity index (χ2v) is 13.4. The van der Waals surface area contributed by atoms with Crippen LogP contribution < -0.4 is 10.6 Å². The minimum Gasteiger partial charge on any atom is -0.479 e. The Morgan fingerprint density at radius 1 is 0.783 bits per heavy atom. The molecule has 0 saturated heterocycles. The van der Waals surface area contributed by atoms with E-state index in [4.69, 9.17) is 13.8 Å². The third-order valence-corrected chi connectivity index (χ3v) is 9.62. The molecule has 0 aromatic heterocycles. The predicted molar refractivity (Wildman–Crippen MR) is 176 cm³/mol. The van der Waals surface area contributed by atoms with E-state index in [0.717, 1.165) is 16.7 Å². The highest BCUT2D eigenvalue weighted by molar-refractivity contribution is 7.54. The van der Waals surface area contributed by atoms with Crippen molar-refractivity contribution in [3.63, 3.8) is 0 Å². The molecule has 0 bridgehead atoms. The van der Waals surface area contributed by atoms with Crippen molar-refractivity contribution in [3.8, 4) is 0 Å². The van der Waals surface area contributed by atoms with Gasteiger partial charge < -0.3 is 25.0 Å². The molecule has 11 heteroatoms. The topological polar surface area (TPSA) is 140 Å². The van der Waals surface area contributed by atoms with Crippen LogP contribution in [0.2, 0.25) is 0 Å². The molecule has 0 aliphatic carbocycles. The van der Waals surface area contributed by atoms with Crippen LogP contribution in [-0.2, 0) is 47.6 Å². The smallest absolute Gasteiger partial charge is 0.407 e. The summed E-state index contributed by atoms with van der Waals surface area (Å²) in [6.07, 6.45) is 0.268. The Morgan fingerprint density at radius 3 is 1.91 bits per heavy atom. The molecule has 10 nitrogen and oxygen atoms in total. The molecular weight excluding hydrogens is 607 g/mol. The van der Waals surface area contributed by atoms with Gasteiger partial charge >= 0.3 is 19.7 Å². The molecule has 3 aromatic carbocycles. The second-order valence-electron chi connectivity index (χ2n) is 11.3. The van der Waals surface area contributed by atoms with E-state index in [2.05, 4.69) is 10.6 Å². The van der Waals surface area contributed by atoms with E-state index in [1.165, 1.54) is 0 Å². The Balaban J connectivity index is 1.59. The number of hydrogen-bond donors (Lipinski definition) is 3. The summed E-state index contributed by atoms with van der Waals surface area (Å²) >= 11 is 0. The number of rotatable bonds is 20. The van der Waals surface area contributed by atoms with Gasteiger partial charge in [0.15, 0.2) is 6.10 Å². The first kappa shape index (κ1) is 36.5. The van der Waals surface area contributed by atoms with Crippen LogP contribution in [0.4, 0.5) is 4.79 Å². The minimum absolute atomic E-state index is 0.0185. The summed E-state index contributed by atoms with van der Waals surface area (Å²) in [5.74, 6) is -3.07. The van der Waals surface area contributed by atoms with Crippen molar-refractivity contribution in [2.24, 2.45) is 5.92 Å². The number of alkyl carbamates (subject to hydrolysis) is 1. The molecule has 0 saturated carbocycles. The van der Waals surface area contributed by atoms with Crippen LogP contribution in [-0.4, -0.2) is 41.5 Å². The van der Waals surface area contributed by atoms with Crippen LogP contribution in [0.3, 0.4) is 0 Å². The van der Waals surface area contributed by atoms with E-state index in [9.17, 15) is 24.1 Å². The molecule has 248 valence electrons. The molecule has 3 rings (SSSR count). The minimum atomic E-state index is -4.22. The van der Waals surface area contributed by atoms with Crippen molar-refractivity contribution in [2.75, 3.05) is 6.54 Å². The van der Waals surface area contributed by atoms with Gasteiger partial charge in [-0.3, -0.25) is 13.9 Å². The lowest BCUT2D eigenvalue weighted by Crippen LogP contribution is -2.40. The molecule has 0 radical (unpaired) electrons. The van der Waals surface area contributed by atoms with Crippen molar-refractivity contribution in [1.82, 2.24) is 10.6 Å². The second kappa shape index (κ2) is 19.5. The highest BCUT2D eigenvalue weighted by Gasteiger charge is 2.43. The average Bonchev–Trinajstić information content (AvgIpc) is 3.06. The van der Waals surface area contributed by atoms with Crippen LogP contribution >= 0.6 is 7.60 Å². The summed E-state index contributed by atoms with van der Waals surface area (Å²) in [4.78, 5) is 37.3. The summed E-state index contributed by atoms with van der Waals surface area (Å²) < 4.78 is 31.4. The van der Waals surface area contributed by atoms with Gasteiger partial charge in [-0.15, -0.1) is 0 Å². The van der Waals surface area contributed by atoms with E-state index < -0.39 is 31.5 Å². The molecule has 3 N–H and O–H groups in total. The number of hydrogen-bond acceptors (Lipinski definition) is 7. The number of amides is 2. The van der Waals surface area contributed by atoms with Gasteiger partial charge in [-0.25, -0.2) is 9.59 Å². The van der Waals surface area contributed by atoms with Crippen LogP contribution in [0.1, 0.15) is 62.6 Å². The molecule has 2 amide bonds. The highest BCUT2D eigenvalue weighted by Crippen LogP contribution is 2.56. The lowest BCUT2D eigenvalue weighted by molar-refractivity contribution is -0.146. The number of carboxylic acids is 1. The van der Waals surface area contributed by atoms with Gasteiger partial charge in [0.1, 0.15) is 12.4 Å². The molecule has 2 unspecified atom stereocenters. The maximum absolute atomic E-state index is 14.4. The zero-order valence-electron chi connectivity index (χ0n) is 26.5. The number of unbranched alkanes of at least 4 members (excludes halogenated alkanes) is 1. The van der Waals surface area contributed by atoms with Gasteiger partial charge in [-0.1, -0.05) is 105 Å². The third-order valence-electron chi connectivity index (χ3n) is 7.17. The summed E-state index contributed by atoms with van der Waals surface area (Å²) in [7, 11) is -4.22. The Labute approximate surface area is 271 Å². The predicted octanol–water partition coefficient (Wildman–Crippen LogP) is 7.08. The van der Waals surface area contributed by atoms with Gasteiger partial charge in [0.05, 0.1) is 6.61 Å². The van der Waals surface area contributed by atoms with Gasteiger partial charge in [0.25, 0.3) is 0 Å². The van der Waals surface area contributed by atoms with E-state index >= 15 is 0 Å². The number of carbonyl (C=O) groups is 3. The molecule has 0 heterocycles. The lowest BCUT2D eigenvalue weighted by Gasteiger charge is -2.32. The van der Waals surface area contributed by atoms with Crippen molar-refractivity contribution in [1.29, 1.82) is 0 Å². The van der Waals surface area contributed by atoms with Gasteiger partial charge in [-0.05, 0) is 54.7 Å². The number of nitrogens with one attached hydrogen (secondary N) is 2. The van der Waals surface area contributed by atoms with E-state index in [1.807, 2.05) is 78.9 Å². The van der Waals surface area contributed by atoms with E-state index in [-0.39, 0.29) is 44.4 Å². The Kier molecular flexibility index (Phi) is 15.5. The molecule has 0 fully saturated rings. The highest BCUT2D eigenvalue weighted by atomic mass is 31.2. The summed E-state index contributed by atoms with van der Waals surface area (Å²) in [5, 5.41) is 15.5. The van der Waals surface area contributed by atoms with Crippen LogP contribution in [0.25, 0.3) is 0 Å². The van der Waals surface area contributed by atoms with Crippen LogP contribution in [0, 0.1) is 5.92 Å². The quantitative estimate of drug-likeness (QED) is 0.0869. The largest absolute Gasteiger partial charge is 0.479 e. The van der Waals surface area contributed by atoms with E-state index in [0.29, 0.717) is 25.7 Å². The Bertz CT molecular complexity index is 1390. The third kappa shape index (κ3) is 13.2. The molecule has 3 aromatic rings. The summed E-state index contributed by atoms with van der Waals surface area (Å²) in [6.45, 7) is 3.85. The van der Waals surface area contributed by atoms with E-state index in [1.54, 1.807) is 26.0 Å². The van der Waals surface area contributed by atoms with Gasteiger partial charge in [0.2, 0.25) is 5.91 Å². The lowest BCUT2D eigenvalue weighted by atomic mass is 10.1. The monoisotopic (exact) mass is 652 g/mol. The standard InChI is InChI=1S/C35H45N2O8P/c1-27(2)33(37-32(38)23-14-21-28-15-6-3-7-16-28)46(42,44-26-30-19-10-5-11-20-30)45-31(34(39)40)22-12-13-24-36-35(41)43-25-29-17-8-4-9-18-29/h3-11,15-20,27,31,33H,12-14,21-26H2,1-2H3,(H,36,41)(H,37,38)(H,39,40)/t31-,33?,46?/m0/s1. The number of carboxylic acid groups (broad SMARTS) is 1. The zero-order chi connectivity index (χ0) is 33.2. The first-order chi connectivity index (χ1) is 22.2.